The number of ether oxygens (including phenoxy) is 1. The molecule has 2 N–H and O–H groups in total. The molecule has 2 aromatic carbocycles. The summed E-state index contributed by atoms with van der Waals surface area (Å²) in [6, 6.07) is 14.0. The number of halogens is 1. The van der Waals surface area contributed by atoms with Crippen molar-refractivity contribution in [2.24, 2.45) is 0 Å². The summed E-state index contributed by atoms with van der Waals surface area (Å²) in [7, 11) is 1.67. The first kappa shape index (κ1) is 12.0. The molecule has 0 saturated heterocycles. The molecule has 0 bridgehead atoms. The van der Waals surface area contributed by atoms with Gasteiger partial charge in [-0.2, -0.15) is 0 Å². The molecule has 0 fully saturated rings. The Morgan fingerprint density at radius 3 is 2.71 bits per heavy atom. The molecule has 0 aromatic heterocycles. The van der Waals surface area contributed by atoms with Gasteiger partial charge >= 0.3 is 0 Å². The molecule has 2 nitrogen and oxygen atoms in total. The van der Waals surface area contributed by atoms with Gasteiger partial charge in [0.2, 0.25) is 0 Å². The number of hydrogen-bond acceptors (Lipinski definition) is 2. The highest BCUT2D eigenvalue weighted by atomic mass is 79.9. The predicted octanol–water partition coefficient (Wildman–Crippen LogP) is 3.63. The van der Waals surface area contributed by atoms with Gasteiger partial charge in [-0.25, -0.2) is 0 Å². The number of benzene rings is 2. The lowest BCUT2D eigenvalue weighted by Crippen LogP contribution is -1.97. The van der Waals surface area contributed by atoms with E-state index in [0.717, 1.165) is 27.9 Å². The summed E-state index contributed by atoms with van der Waals surface area (Å²) < 4.78 is 6.15. The van der Waals surface area contributed by atoms with E-state index in [1.54, 1.807) is 7.11 Å². The minimum absolute atomic E-state index is 0.801. The van der Waals surface area contributed by atoms with E-state index < -0.39 is 0 Å². The summed E-state index contributed by atoms with van der Waals surface area (Å²) in [5.41, 5.74) is 9.13. The number of rotatable bonds is 3. The first-order valence-electron chi connectivity index (χ1n) is 5.36. The Balaban J connectivity index is 2.28. The standard InChI is InChI=1S/C14H14BrNO/c1-17-12-6-2-4-10(9-12)8-11-5-3-7-13(15)14(11)16/h2-7,9H,8,16H2,1H3. The largest absolute Gasteiger partial charge is 0.497 e. The smallest absolute Gasteiger partial charge is 0.119 e. The van der Waals surface area contributed by atoms with Crippen LogP contribution in [0.25, 0.3) is 0 Å². The summed E-state index contributed by atoms with van der Waals surface area (Å²) in [4.78, 5) is 0. The fourth-order valence-corrected chi connectivity index (χ4v) is 2.15. The molecule has 0 spiro atoms. The SMILES string of the molecule is COc1cccc(Cc2cccc(Br)c2N)c1. The Hall–Kier alpha value is -1.48. The number of nitrogens with two attached hydrogens (primary N) is 1. The molecule has 3 heteroatoms. The van der Waals surface area contributed by atoms with Crippen LogP contribution >= 0.6 is 15.9 Å². The van der Waals surface area contributed by atoms with Crippen LogP contribution in [0.2, 0.25) is 0 Å². The molecule has 17 heavy (non-hydrogen) atoms. The zero-order valence-electron chi connectivity index (χ0n) is 9.61. The van der Waals surface area contributed by atoms with E-state index in [1.165, 1.54) is 5.56 Å². The van der Waals surface area contributed by atoms with Crippen LogP contribution in [0.1, 0.15) is 11.1 Å². The van der Waals surface area contributed by atoms with Gasteiger partial charge in [-0.3, -0.25) is 0 Å². The highest BCUT2D eigenvalue weighted by Gasteiger charge is 2.04. The molecule has 0 aliphatic heterocycles. The van der Waals surface area contributed by atoms with E-state index in [9.17, 15) is 0 Å². The Morgan fingerprint density at radius 1 is 1.18 bits per heavy atom. The van der Waals surface area contributed by atoms with E-state index in [4.69, 9.17) is 10.5 Å². The number of methoxy groups -OCH3 is 1. The van der Waals surface area contributed by atoms with Crippen molar-refractivity contribution in [1.82, 2.24) is 0 Å². The molecule has 0 saturated carbocycles. The molecule has 0 aliphatic rings. The summed E-state index contributed by atoms with van der Waals surface area (Å²) in [5, 5.41) is 0. The Labute approximate surface area is 110 Å². The number of hydrogen-bond donors (Lipinski definition) is 1. The van der Waals surface area contributed by atoms with Crippen LogP contribution in [0.4, 0.5) is 5.69 Å². The van der Waals surface area contributed by atoms with Crippen LogP contribution in [0.3, 0.4) is 0 Å². The van der Waals surface area contributed by atoms with Gasteiger partial charge in [0.15, 0.2) is 0 Å². The van der Waals surface area contributed by atoms with Crippen LogP contribution in [-0.2, 0) is 6.42 Å². The summed E-state index contributed by atoms with van der Waals surface area (Å²) in [6.45, 7) is 0. The van der Waals surface area contributed by atoms with Crippen molar-refractivity contribution in [3.8, 4) is 5.75 Å². The van der Waals surface area contributed by atoms with Crippen molar-refractivity contribution < 1.29 is 4.74 Å². The molecule has 0 amide bonds. The lowest BCUT2D eigenvalue weighted by molar-refractivity contribution is 0.414. The van der Waals surface area contributed by atoms with Crippen molar-refractivity contribution in [1.29, 1.82) is 0 Å². The average molecular weight is 292 g/mol. The molecule has 0 heterocycles. The monoisotopic (exact) mass is 291 g/mol. The topological polar surface area (TPSA) is 35.2 Å². The van der Waals surface area contributed by atoms with E-state index in [0.29, 0.717) is 0 Å². The Bertz CT molecular complexity index is 525. The molecule has 0 unspecified atom stereocenters. The molecular formula is C14H14BrNO. The molecule has 0 radical (unpaired) electrons. The van der Waals surface area contributed by atoms with Crippen molar-refractivity contribution in [3.05, 3.63) is 58.1 Å². The third kappa shape index (κ3) is 2.80. The van der Waals surface area contributed by atoms with Crippen LogP contribution < -0.4 is 10.5 Å². The zero-order chi connectivity index (χ0) is 12.3. The van der Waals surface area contributed by atoms with Crippen molar-refractivity contribution in [2.75, 3.05) is 12.8 Å². The number of anilines is 1. The zero-order valence-corrected chi connectivity index (χ0v) is 11.2. The maximum atomic E-state index is 6.02. The molecule has 88 valence electrons. The first-order chi connectivity index (χ1) is 8.20. The van der Waals surface area contributed by atoms with Crippen molar-refractivity contribution >= 4 is 21.6 Å². The summed E-state index contributed by atoms with van der Waals surface area (Å²) >= 11 is 3.44. The predicted molar refractivity (Wildman–Crippen MR) is 74.4 cm³/mol. The van der Waals surface area contributed by atoms with E-state index in [1.807, 2.05) is 36.4 Å². The maximum Gasteiger partial charge on any atom is 0.119 e. The average Bonchev–Trinajstić information content (AvgIpc) is 2.35. The van der Waals surface area contributed by atoms with Crippen LogP contribution in [0.15, 0.2) is 46.9 Å². The third-order valence-corrected chi connectivity index (χ3v) is 3.36. The Kier molecular flexibility index (Phi) is 3.69. The lowest BCUT2D eigenvalue weighted by atomic mass is 10.0. The molecule has 0 atom stereocenters. The minimum Gasteiger partial charge on any atom is -0.497 e. The van der Waals surface area contributed by atoms with Gasteiger partial charge < -0.3 is 10.5 Å². The summed E-state index contributed by atoms with van der Waals surface area (Å²) in [6.07, 6.45) is 0.808. The van der Waals surface area contributed by atoms with Gasteiger partial charge in [-0.1, -0.05) is 24.3 Å². The normalized spacial score (nSPS) is 10.2. The van der Waals surface area contributed by atoms with Crippen molar-refractivity contribution in [2.45, 2.75) is 6.42 Å². The fraction of sp³-hybridized carbons (Fsp3) is 0.143. The maximum absolute atomic E-state index is 6.02. The second kappa shape index (κ2) is 5.23. The molecule has 2 aromatic rings. The number of para-hydroxylation sites is 1. The summed E-state index contributed by atoms with van der Waals surface area (Å²) in [5.74, 6) is 0.871. The van der Waals surface area contributed by atoms with Gasteiger partial charge in [-0.15, -0.1) is 0 Å². The van der Waals surface area contributed by atoms with E-state index in [-0.39, 0.29) is 0 Å². The highest BCUT2D eigenvalue weighted by molar-refractivity contribution is 9.10. The fourth-order valence-electron chi connectivity index (χ4n) is 1.74. The van der Waals surface area contributed by atoms with Crippen LogP contribution in [0.5, 0.6) is 5.75 Å². The Morgan fingerprint density at radius 2 is 1.94 bits per heavy atom. The molecule has 0 aliphatic carbocycles. The number of nitrogen functional groups attached to an aromatic ring is 1. The van der Waals surface area contributed by atoms with E-state index in [2.05, 4.69) is 22.0 Å². The first-order valence-corrected chi connectivity index (χ1v) is 6.16. The second-order valence-electron chi connectivity index (χ2n) is 3.84. The van der Waals surface area contributed by atoms with Gasteiger partial charge in [0.25, 0.3) is 0 Å². The van der Waals surface area contributed by atoms with E-state index >= 15 is 0 Å². The molecular weight excluding hydrogens is 278 g/mol. The second-order valence-corrected chi connectivity index (χ2v) is 4.70. The van der Waals surface area contributed by atoms with Crippen LogP contribution in [-0.4, -0.2) is 7.11 Å². The van der Waals surface area contributed by atoms with Gasteiger partial charge in [-0.05, 0) is 51.7 Å². The molecule has 2 rings (SSSR count). The van der Waals surface area contributed by atoms with Crippen molar-refractivity contribution in [3.63, 3.8) is 0 Å². The van der Waals surface area contributed by atoms with Gasteiger partial charge in [0, 0.05) is 10.2 Å². The van der Waals surface area contributed by atoms with Crippen LogP contribution in [0, 0.1) is 0 Å². The lowest BCUT2D eigenvalue weighted by Gasteiger charge is -2.08. The quantitative estimate of drug-likeness (QED) is 0.877. The highest BCUT2D eigenvalue weighted by Crippen LogP contribution is 2.25. The minimum atomic E-state index is 0.801. The third-order valence-electron chi connectivity index (χ3n) is 2.67. The van der Waals surface area contributed by atoms with Gasteiger partial charge in [0.05, 0.1) is 7.11 Å². The van der Waals surface area contributed by atoms with Gasteiger partial charge in [0.1, 0.15) is 5.75 Å².